The first-order chi connectivity index (χ1) is 10.9. The van der Waals surface area contributed by atoms with Crippen molar-refractivity contribution in [3.05, 3.63) is 40.4 Å². The smallest absolute Gasteiger partial charge is 0.270 e. The molecule has 2 aromatic rings. The maximum atomic E-state index is 12.2. The fourth-order valence-corrected chi connectivity index (χ4v) is 3.47. The molecule has 2 atom stereocenters. The van der Waals surface area contributed by atoms with Crippen LogP contribution in [0.15, 0.2) is 23.6 Å². The van der Waals surface area contributed by atoms with Crippen molar-refractivity contribution >= 4 is 17.2 Å². The number of rotatable bonds is 6. The van der Waals surface area contributed by atoms with Crippen molar-refractivity contribution in [2.45, 2.75) is 40.2 Å². The lowest BCUT2D eigenvalue weighted by molar-refractivity contribution is 0.0935. The molecule has 0 aliphatic heterocycles. The second-order valence-corrected chi connectivity index (χ2v) is 7.11. The summed E-state index contributed by atoms with van der Waals surface area (Å²) in [5, 5.41) is 14.9. The molecular weight excluding hydrogens is 308 g/mol. The topological polar surface area (TPSA) is 62.2 Å². The Balaban J connectivity index is 2.02. The molecular formula is C18H24N2O2S. The Morgan fingerprint density at radius 3 is 2.74 bits per heavy atom. The van der Waals surface area contributed by atoms with E-state index in [9.17, 15) is 9.90 Å². The Hall–Kier alpha value is -1.72. The van der Waals surface area contributed by atoms with Crippen LogP contribution < -0.4 is 5.32 Å². The molecule has 1 aromatic carbocycles. The van der Waals surface area contributed by atoms with Crippen molar-refractivity contribution < 1.29 is 9.90 Å². The molecule has 2 N–H and O–H groups in total. The zero-order valence-corrected chi connectivity index (χ0v) is 14.9. The number of aryl methyl sites for hydroxylation is 2. The maximum absolute atomic E-state index is 12.2. The average molecular weight is 332 g/mol. The first-order valence-electron chi connectivity index (χ1n) is 7.86. The van der Waals surface area contributed by atoms with Gasteiger partial charge >= 0.3 is 0 Å². The molecule has 0 saturated heterocycles. The molecule has 2 rings (SSSR count). The number of carbonyl (C=O) groups excluding carboxylic acids is 1. The lowest BCUT2D eigenvalue weighted by Crippen LogP contribution is -2.29. The third-order valence-corrected chi connectivity index (χ3v) is 4.58. The van der Waals surface area contributed by atoms with Crippen molar-refractivity contribution in [1.82, 2.24) is 10.3 Å². The van der Waals surface area contributed by atoms with E-state index in [2.05, 4.69) is 42.3 Å². The van der Waals surface area contributed by atoms with Crippen LogP contribution in [0.4, 0.5) is 0 Å². The molecule has 1 aromatic heterocycles. The second kappa shape index (κ2) is 7.70. The number of nitrogens with zero attached hydrogens (tertiary/aromatic N) is 1. The lowest BCUT2D eigenvalue weighted by atomic mass is 10.0. The third-order valence-electron chi connectivity index (χ3n) is 3.70. The van der Waals surface area contributed by atoms with Crippen LogP contribution >= 0.6 is 11.3 Å². The van der Waals surface area contributed by atoms with Crippen molar-refractivity contribution in [1.29, 1.82) is 0 Å². The first kappa shape index (κ1) is 17.6. The summed E-state index contributed by atoms with van der Waals surface area (Å²) in [6, 6.07) is 6.23. The van der Waals surface area contributed by atoms with Crippen molar-refractivity contribution in [3.8, 4) is 10.6 Å². The molecule has 0 saturated carbocycles. The van der Waals surface area contributed by atoms with Crippen LogP contribution in [-0.2, 0) is 0 Å². The van der Waals surface area contributed by atoms with Crippen molar-refractivity contribution in [2.75, 3.05) is 6.54 Å². The molecule has 1 amide bonds. The van der Waals surface area contributed by atoms with Gasteiger partial charge in [-0.15, -0.1) is 11.3 Å². The number of thiazole rings is 1. The molecule has 5 heteroatoms. The number of aliphatic hydroxyl groups is 1. The minimum absolute atomic E-state index is 0.158. The minimum Gasteiger partial charge on any atom is -0.393 e. The van der Waals surface area contributed by atoms with Crippen LogP contribution in [0.5, 0.6) is 0 Å². The fraction of sp³-hybridized carbons (Fsp3) is 0.444. The van der Waals surface area contributed by atoms with Gasteiger partial charge in [0.2, 0.25) is 0 Å². The molecule has 0 bridgehead atoms. The summed E-state index contributed by atoms with van der Waals surface area (Å²) in [6.45, 7) is 8.43. The Labute approximate surface area is 141 Å². The molecule has 0 aliphatic carbocycles. The van der Waals surface area contributed by atoms with Crippen molar-refractivity contribution in [3.63, 3.8) is 0 Å². The number of amides is 1. The zero-order valence-electron chi connectivity index (χ0n) is 14.1. The van der Waals surface area contributed by atoms with E-state index in [1.165, 1.54) is 16.9 Å². The minimum atomic E-state index is -0.350. The number of hydrogen-bond acceptors (Lipinski definition) is 4. The monoisotopic (exact) mass is 332 g/mol. The highest BCUT2D eigenvalue weighted by Crippen LogP contribution is 2.27. The van der Waals surface area contributed by atoms with Gasteiger partial charge < -0.3 is 10.4 Å². The van der Waals surface area contributed by atoms with E-state index in [0.29, 0.717) is 18.7 Å². The Morgan fingerprint density at radius 1 is 1.35 bits per heavy atom. The number of aliphatic hydroxyl groups excluding tert-OH is 1. The molecule has 0 aliphatic rings. The van der Waals surface area contributed by atoms with Gasteiger partial charge in [0.05, 0.1) is 6.10 Å². The Bertz CT molecular complexity index is 679. The summed E-state index contributed by atoms with van der Waals surface area (Å²) in [7, 11) is 0. The van der Waals surface area contributed by atoms with Crippen LogP contribution in [0, 0.1) is 19.8 Å². The van der Waals surface area contributed by atoms with Crippen LogP contribution in [0.2, 0.25) is 0 Å². The van der Waals surface area contributed by atoms with Gasteiger partial charge in [-0.1, -0.05) is 30.7 Å². The highest BCUT2D eigenvalue weighted by molar-refractivity contribution is 7.13. The summed E-state index contributed by atoms with van der Waals surface area (Å²) in [6.07, 6.45) is 0.322. The molecule has 0 spiro atoms. The van der Waals surface area contributed by atoms with Gasteiger partial charge in [0.15, 0.2) is 0 Å². The number of aromatic nitrogens is 1. The lowest BCUT2D eigenvalue weighted by Gasteiger charge is -2.13. The highest BCUT2D eigenvalue weighted by atomic mass is 32.1. The van der Waals surface area contributed by atoms with Gasteiger partial charge in [-0.05, 0) is 38.7 Å². The molecule has 0 fully saturated rings. The van der Waals surface area contributed by atoms with Crippen LogP contribution in [0.25, 0.3) is 10.6 Å². The second-order valence-electron chi connectivity index (χ2n) is 6.26. The van der Waals surface area contributed by atoms with E-state index in [1.807, 2.05) is 6.92 Å². The SMILES string of the molecule is Cc1ccc(-c2nc(C(=O)NCC(C)CC(C)O)cs2)c(C)c1. The predicted molar refractivity (Wildman–Crippen MR) is 94.8 cm³/mol. The highest BCUT2D eigenvalue weighted by Gasteiger charge is 2.14. The molecule has 23 heavy (non-hydrogen) atoms. The Morgan fingerprint density at radius 2 is 2.09 bits per heavy atom. The maximum Gasteiger partial charge on any atom is 0.270 e. The molecule has 2 unspecified atom stereocenters. The van der Waals surface area contributed by atoms with Gasteiger partial charge in [0, 0.05) is 17.5 Å². The van der Waals surface area contributed by atoms with E-state index in [1.54, 1.807) is 12.3 Å². The normalized spacial score (nSPS) is 13.6. The summed E-state index contributed by atoms with van der Waals surface area (Å²) in [5.74, 6) is 0.0751. The number of carbonyl (C=O) groups is 1. The van der Waals surface area contributed by atoms with E-state index >= 15 is 0 Å². The quantitative estimate of drug-likeness (QED) is 0.850. The van der Waals surface area contributed by atoms with Gasteiger partial charge in [0.25, 0.3) is 5.91 Å². The standard InChI is InChI=1S/C18H24N2O2S/c1-11-5-6-15(13(3)7-11)18-20-16(10-23-18)17(22)19-9-12(2)8-14(4)21/h5-7,10,12,14,21H,8-9H2,1-4H3,(H,19,22). The number of benzene rings is 1. The summed E-state index contributed by atoms with van der Waals surface area (Å²) in [4.78, 5) is 16.7. The summed E-state index contributed by atoms with van der Waals surface area (Å²) >= 11 is 1.48. The van der Waals surface area contributed by atoms with E-state index in [0.717, 1.165) is 16.1 Å². The van der Waals surface area contributed by atoms with Gasteiger partial charge in [-0.3, -0.25) is 4.79 Å². The third kappa shape index (κ3) is 4.88. The largest absolute Gasteiger partial charge is 0.393 e. The van der Waals surface area contributed by atoms with E-state index in [4.69, 9.17) is 0 Å². The van der Waals surface area contributed by atoms with E-state index < -0.39 is 0 Å². The average Bonchev–Trinajstić information content (AvgIpc) is 2.93. The van der Waals surface area contributed by atoms with E-state index in [-0.39, 0.29) is 17.9 Å². The number of nitrogens with one attached hydrogen (secondary N) is 1. The number of hydrogen-bond donors (Lipinski definition) is 2. The van der Waals surface area contributed by atoms with Gasteiger partial charge in [-0.2, -0.15) is 0 Å². The van der Waals surface area contributed by atoms with Crippen LogP contribution in [0.3, 0.4) is 0 Å². The van der Waals surface area contributed by atoms with Crippen LogP contribution in [-0.4, -0.2) is 28.6 Å². The fourth-order valence-electron chi connectivity index (χ4n) is 2.58. The van der Waals surface area contributed by atoms with Gasteiger partial charge in [0.1, 0.15) is 10.7 Å². The molecule has 1 heterocycles. The van der Waals surface area contributed by atoms with Gasteiger partial charge in [-0.25, -0.2) is 4.98 Å². The first-order valence-corrected chi connectivity index (χ1v) is 8.74. The zero-order chi connectivity index (χ0) is 17.0. The molecule has 4 nitrogen and oxygen atoms in total. The summed E-state index contributed by atoms with van der Waals surface area (Å²) < 4.78 is 0. The van der Waals surface area contributed by atoms with Crippen molar-refractivity contribution in [2.24, 2.45) is 5.92 Å². The Kier molecular flexibility index (Phi) is 5.91. The molecule has 124 valence electrons. The predicted octanol–water partition coefficient (Wildman–Crippen LogP) is 3.56. The summed E-state index contributed by atoms with van der Waals surface area (Å²) in [5.41, 5.74) is 3.90. The van der Waals surface area contributed by atoms with Crippen LogP contribution in [0.1, 0.15) is 41.9 Å². The molecule has 0 radical (unpaired) electrons.